The van der Waals surface area contributed by atoms with E-state index in [1.807, 2.05) is 0 Å². The van der Waals surface area contributed by atoms with E-state index in [2.05, 4.69) is 86.8 Å². The standard InChI is InChI=1S/C61H111NO5/c1-4-7-10-13-16-19-22-25-28-30-32-34-37-40-43-46-49-52-57(67-61(66)54-51-48-45-42-39-36-27-24-21-18-15-12-9-6-3)55-60(65)62-58(56-63)59(64)53-50-47-44-41-38-35-33-31-29-26-23-20-17-14-11-8-5-2/h7,10,16,19,25,28,32,34,40,43,57-59,63-64H,4-6,8-9,11-15,17-18,20-24,26-27,29-31,33,35-39,41-42,44-56H2,1-3H3,(H,62,65)/b10-7-,19-16-,28-25-,34-32-,43-40-. The molecule has 0 bridgehead atoms. The molecule has 0 rings (SSSR count). The first kappa shape index (κ1) is 64.6. The van der Waals surface area contributed by atoms with E-state index in [-0.39, 0.29) is 24.9 Å². The van der Waals surface area contributed by atoms with E-state index < -0.39 is 18.2 Å². The third-order valence-corrected chi connectivity index (χ3v) is 13.1. The van der Waals surface area contributed by atoms with E-state index in [1.165, 1.54) is 161 Å². The molecular formula is C61H111NO5. The minimum atomic E-state index is -0.804. The molecule has 0 saturated heterocycles. The molecule has 0 aliphatic rings. The van der Waals surface area contributed by atoms with Gasteiger partial charge in [0.1, 0.15) is 6.10 Å². The predicted octanol–water partition coefficient (Wildman–Crippen LogP) is 18.0. The van der Waals surface area contributed by atoms with Crippen molar-refractivity contribution in [2.45, 2.75) is 309 Å². The predicted molar refractivity (Wildman–Crippen MR) is 292 cm³/mol. The van der Waals surface area contributed by atoms with Crippen molar-refractivity contribution in [3.05, 3.63) is 60.8 Å². The van der Waals surface area contributed by atoms with Crippen molar-refractivity contribution >= 4 is 11.9 Å². The number of nitrogens with one attached hydrogen (secondary N) is 1. The summed E-state index contributed by atoms with van der Waals surface area (Å²) in [5.74, 6) is -0.520. The fraction of sp³-hybridized carbons (Fsp3) is 0.803. The monoisotopic (exact) mass is 938 g/mol. The maximum absolute atomic E-state index is 13.3. The topological polar surface area (TPSA) is 95.9 Å². The summed E-state index contributed by atoms with van der Waals surface area (Å²) < 4.78 is 5.93. The number of ether oxygens (including phenoxy) is 1. The molecule has 0 aliphatic carbocycles. The maximum atomic E-state index is 13.3. The van der Waals surface area contributed by atoms with Crippen molar-refractivity contribution in [3.63, 3.8) is 0 Å². The Morgan fingerprint density at radius 2 is 0.806 bits per heavy atom. The van der Waals surface area contributed by atoms with Crippen LogP contribution in [0.25, 0.3) is 0 Å². The van der Waals surface area contributed by atoms with Gasteiger partial charge in [-0.05, 0) is 64.2 Å². The summed E-state index contributed by atoms with van der Waals surface area (Å²) in [6.45, 7) is 6.38. The summed E-state index contributed by atoms with van der Waals surface area (Å²) in [4.78, 5) is 26.3. The number of hydrogen-bond acceptors (Lipinski definition) is 5. The number of unbranched alkanes of at least 4 members (excludes halogenated alkanes) is 30. The Kier molecular flexibility index (Phi) is 52.5. The molecule has 0 aliphatic heterocycles. The maximum Gasteiger partial charge on any atom is 0.306 e. The first-order valence-corrected chi connectivity index (χ1v) is 29.0. The zero-order chi connectivity index (χ0) is 48.8. The summed E-state index contributed by atoms with van der Waals surface area (Å²) in [5, 5.41) is 23.9. The lowest BCUT2D eigenvalue weighted by Gasteiger charge is -2.24. The lowest BCUT2D eigenvalue weighted by molar-refractivity contribution is -0.151. The van der Waals surface area contributed by atoms with Gasteiger partial charge in [0.2, 0.25) is 5.91 Å². The van der Waals surface area contributed by atoms with Crippen molar-refractivity contribution in [3.8, 4) is 0 Å². The number of carbonyl (C=O) groups is 2. The number of aliphatic hydroxyl groups excluding tert-OH is 2. The summed E-state index contributed by atoms with van der Waals surface area (Å²) in [6, 6.07) is -0.721. The molecule has 0 spiro atoms. The number of hydrogen-bond donors (Lipinski definition) is 3. The first-order valence-electron chi connectivity index (χ1n) is 29.0. The largest absolute Gasteiger partial charge is 0.462 e. The Hall–Kier alpha value is -2.44. The number of amides is 1. The van der Waals surface area contributed by atoms with Gasteiger partial charge in [-0.15, -0.1) is 0 Å². The number of carbonyl (C=O) groups excluding carboxylic acids is 2. The molecule has 0 aromatic heterocycles. The van der Waals surface area contributed by atoms with Gasteiger partial charge in [0.05, 0.1) is 25.2 Å². The Morgan fingerprint density at radius 3 is 1.19 bits per heavy atom. The zero-order valence-corrected chi connectivity index (χ0v) is 44.5. The van der Waals surface area contributed by atoms with Gasteiger partial charge in [0, 0.05) is 6.42 Å². The van der Waals surface area contributed by atoms with Gasteiger partial charge < -0.3 is 20.3 Å². The number of esters is 1. The van der Waals surface area contributed by atoms with Gasteiger partial charge in [0.25, 0.3) is 0 Å². The quantitative estimate of drug-likeness (QED) is 0.0321. The highest BCUT2D eigenvalue weighted by Crippen LogP contribution is 2.18. The van der Waals surface area contributed by atoms with E-state index in [9.17, 15) is 19.8 Å². The second kappa shape index (κ2) is 54.5. The van der Waals surface area contributed by atoms with Crippen LogP contribution in [-0.2, 0) is 14.3 Å². The SMILES string of the molecule is CC/C=C\C/C=C\C/C=C\C/C=C\C/C=C\CCCC(CC(=O)NC(CO)C(O)CCCCCCCCCCCCCCCCCCC)OC(=O)CCCCCCCCCCCCCCCC. The van der Waals surface area contributed by atoms with Crippen LogP contribution in [0.4, 0.5) is 0 Å². The van der Waals surface area contributed by atoms with Gasteiger partial charge in [-0.1, -0.05) is 274 Å². The highest BCUT2D eigenvalue weighted by Gasteiger charge is 2.24. The smallest absolute Gasteiger partial charge is 0.306 e. The fourth-order valence-electron chi connectivity index (χ4n) is 8.76. The number of allylic oxidation sites excluding steroid dienone is 10. The second-order valence-corrected chi connectivity index (χ2v) is 19.7. The van der Waals surface area contributed by atoms with Crippen LogP contribution in [0.2, 0.25) is 0 Å². The Balaban J connectivity index is 4.62. The molecule has 0 radical (unpaired) electrons. The molecule has 0 fully saturated rings. The average Bonchev–Trinajstić information content (AvgIpc) is 3.32. The molecular weight excluding hydrogens is 827 g/mol. The molecule has 3 N–H and O–H groups in total. The molecule has 3 atom stereocenters. The molecule has 0 aromatic carbocycles. The van der Waals surface area contributed by atoms with Gasteiger partial charge in [-0.25, -0.2) is 0 Å². The lowest BCUT2D eigenvalue weighted by Crippen LogP contribution is -2.46. The Labute approximate surface area is 416 Å². The molecule has 6 nitrogen and oxygen atoms in total. The van der Waals surface area contributed by atoms with Crippen LogP contribution < -0.4 is 5.32 Å². The third kappa shape index (κ3) is 49.8. The molecule has 0 saturated carbocycles. The Bertz CT molecular complexity index is 1190. The minimum absolute atomic E-state index is 0.0402. The van der Waals surface area contributed by atoms with Gasteiger partial charge >= 0.3 is 5.97 Å². The van der Waals surface area contributed by atoms with E-state index >= 15 is 0 Å². The lowest BCUT2D eigenvalue weighted by atomic mass is 10.0. The molecule has 67 heavy (non-hydrogen) atoms. The molecule has 1 amide bonds. The van der Waals surface area contributed by atoms with Crippen molar-refractivity contribution in [2.75, 3.05) is 6.61 Å². The molecule has 6 heteroatoms. The van der Waals surface area contributed by atoms with Crippen molar-refractivity contribution in [2.24, 2.45) is 0 Å². The first-order chi connectivity index (χ1) is 33.0. The Morgan fingerprint density at radius 1 is 0.448 bits per heavy atom. The molecule has 0 aromatic rings. The van der Waals surface area contributed by atoms with Crippen LogP contribution >= 0.6 is 0 Å². The van der Waals surface area contributed by atoms with Gasteiger partial charge in [0.15, 0.2) is 0 Å². The van der Waals surface area contributed by atoms with Crippen LogP contribution in [-0.4, -0.2) is 46.9 Å². The van der Waals surface area contributed by atoms with Crippen LogP contribution in [0.15, 0.2) is 60.8 Å². The van der Waals surface area contributed by atoms with E-state index in [0.717, 1.165) is 83.5 Å². The van der Waals surface area contributed by atoms with Crippen molar-refractivity contribution in [1.82, 2.24) is 5.32 Å². The summed E-state index contributed by atoms with van der Waals surface area (Å²) in [7, 11) is 0. The normalized spacial score (nSPS) is 13.6. The highest BCUT2D eigenvalue weighted by atomic mass is 16.5. The summed E-state index contributed by atoms with van der Waals surface area (Å²) >= 11 is 0. The summed E-state index contributed by atoms with van der Waals surface area (Å²) in [5.41, 5.74) is 0. The van der Waals surface area contributed by atoms with Crippen molar-refractivity contribution in [1.29, 1.82) is 0 Å². The average molecular weight is 939 g/mol. The summed E-state index contributed by atoms with van der Waals surface area (Å²) in [6.07, 6.45) is 68.6. The molecule has 390 valence electrons. The number of rotatable bonds is 52. The number of aliphatic hydroxyl groups is 2. The molecule has 0 heterocycles. The minimum Gasteiger partial charge on any atom is -0.462 e. The van der Waals surface area contributed by atoms with E-state index in [0.29, 0.717) is 19.3 Å². The van der Waals surface area contributed by atoms with Gasteiger partial charge in [-0.3, -0.25) is 9.59 Å². The van der Waals surface area contributed by atoms with Gasteiger partial charge in [-0.2, -0.15) is 0 Å². The highest BCUT2D eigenvalue weighted by molar-refractivity contribution is 5.77. The zero-order valence-electron chi connectivity index (χ0n) is 44.5. The van der Waals surface area contributed by atoms with Crippen LogP contribution in [0.1, 0.15) is 290 Å². The van der Waals surface area contributed by atoms with Crippen molar-refractivity contribution < 1.29 is 24.5 Å². The molecule has 3 unspecified atom stereocenters. The van der Waals surface area contributed by atoms with Crippen LogP contribution in [0, 0.1) is 0 Å². The van der Waals surface area contributed by atoms with Crippen LogP contribution in [0.5, 0.6) is 0 Å². The third-order valence-electron chi connectivity index (χ3n) is 13.1. The van der Waals surface area contributed by atoms with Crippen LogP contribution in [0.3, 0.4) is 0 Å². The fourth-order valence-corrected chi connectivity index (χ4v) is 8.76. The van der Waals surface area contributed by atoms with E-state index in [4.69, 9.17) is 4.74 Å². The second-order valence-electron chi connectivity index (χ2n) is 19.7. The van der Waals surface area contributed by atoms with E-state index in [1.54, 1.807) is 0 Å².